The van der Waals surface area contributed by atoms with Crippen molar-refractivity contribution in [3.05, 3.63) is 11.9 Å². The molecule has 5 nitrogen and oxygen atoms in total. The summed E-state index contributed by atoms with van der Waals surface area (Å²) in [6, 6.07) is 0.283. The summed E-state index contributed by atoms with van der Waals surface area (Å²) in [6.45, 7) is 0.558. The predicted octanol–water partition coefficient (Wildman–Crippen LogP) is -0.619. The zero-order valence-corrected chi connectivity index (χ0v) is 6.32. The van der Waals surface area contributed by atoms with Gasteiger partial charge in [-0.3, -0.25) is 0 Å². The quantitative estimate of drug-likeness (QED) is 0.628. The van der Waals surface area contributed by atoms with Gasteiger partial charge in [0.05, 0.1) is 19.0 Å². The van der Waals surface area contributed by atoms with E-state index in [1.54, 1.807) is 6.20 Å². The summed E-state index contributed by atoms with van der Waals surface area (Å²) in [5.41, 5.74) is 6.09. The van der Waals surface area contributed by atoms with Gasteiger partial charge in [0.2, 0.25) is 0 Å². The minimum absolute atomic E-state index is 0.283. The average molecular weight is 154 g/mol. The number of nitrogens with zero attached hydrogens (tertiary/aromatic N) is 3. The lowest BCUT2D eigenvalue weighted by Gasteiger charge is -1.96. The maximum absolute atomic E-state index is 5.30. The fraction of sp³-hybridized carbons (Fsp3) is 0.500. The first-order valence-corrected chi connectivity index (χ1v) is 3.29. The van der Waals surface area contributed by atoms with Crippen LogP contribution in [0.2, 0.25) is 0 Å². The van der Waals surface area contributed by atoms with Crippen molar-refractivity contribution in [2.24, 2.45) is 5.73 Å². The SMILES string of the molecule is COc1ncc(CCN)nn1. The fourth-order valence-corrected chi connectivity index (χ4v) is 0.644. The molecule has 0 amide bonds. The minimum atomic E-state index is 0.283. The molecule has 1 rings (SSSR count). The zero-order valence-electron chi connectivity index (χ0n) is 6.32. The second-order valence-electron chi connectivity index (χ2n) is 1.97. The van der Waals surface area contributed by atoms with Crippen molar-refractivity contribution in [1.29, 1.82) is 0 Å². The van der Waals surface area contributed by atoms with Crippen LogP contribution in [0.1, 0.15) is 5.69 Å². The fourth-order valence-electron chi connectivity index (χ4n) is 0.644. The van der Waals surface area contributed by atoms with Crippen molar-refractivity contribution in [2.45, 2.75) is 6.42 Å². The van der Waals surface area contributed by atoms with E-state index >= 15 is 0 Å². The number of rotatable bonds is 3. The van der Waals surface area contributed by atoms with Crippen LogP contribution < -0.4 is 10.5 Å². The molecule has 11 heavy (non-hydrogen) atoms. The number of ether oxygens (including phenoxy) is 1. The van der Waals surface area contributed by atoms with Crippen LogP contribution in [-0.4, -0.2) is 28.8 Å². The normalized spacial score (nSPS) is 9.64. The highest BCUT2D eigenvalue weighted by atomic mass is 16.5. The van der Waals surface area contributed by atoms with Gasteiger partial charge in [-0.25, -0.2) is 4.98 Å². The second-order valence-corrected chi connectivity index (χ2v) is 1.97. The van der Waals surface area contributed by atoms with Crippen molar-refractivity contribution < 1.29 is 4.74 Å². The van der Waals surface area contributed by atoms with Crippen LogP contribution in [0, 0.1) is 0 Å². The highest BCUT2D eigenvalue weighted by Gasteiger charge is 1.96. The Morgan fingerprint density at radius 1 is 1.55 bits per heavy atom. The van der Waals surface area contributed by atoms with Gasteiger partial charge in [-0.05, 0) is 6.54 Å². The van der Waals surface area contributed by atoms with E-state index in [1.807, 2.05) is 0 Å². The van der Waals surface area contributed by atoms with Crippen molar-refractivity contribution >= 4 is 0 Å². The van der Waals surface area contributed by atoms with Gasteiger partial charge >= 0.3 is 6.01 Å². The Bertz CT molecular complexity index is 210. The number of methoxy groups -OCH3 is 1. The highest BCUT2D eigenvalue weighted by molar-refractivity contribution is 4.97. The molecule has 0 fully saturated rings. The Kier molecular flexibility index (Phi) is 2.74. The highest BCUT2D eigenvalue weighted by Crippen LogP contribution is 1.97. The monoisotopic (exact) mass is 154 g/mol. The number of aromatic nitrogens is 3. The molecule has 0 aliphatic carbocycles. The van der Waals surface area contributed by atoms with Crippen LogP contribution in [0.3, 0.4) is 0 Å². The van der Waals surface area contributed by atoms with Gasteiger partial charge in [0.15, 0.2) is 0 Å². The maximum Gasteiger partial charge on any atom is 0.335 e. The summed E-state index contributed by atoms with van der Waals surface area (Å²) in [5, 5.41) is 7.50. The summed E-state index contributed by atoms with van der Waals surface area (Å²) in [5.74, 6) is 0. The molecule has 60 valence electrons. The van der Waals surface area contributed by atoms with Crippen molar-refractivity contribution in [3.8, 4) is 6.01 Å². The van der Waals surface area contributed by atoms with E-state index in [0.29, 0.717) is 13.0 Å². The Balaban J connectivity index is 2.66. The molecule has 0 aliphatic rings. The maximum atomic E-state index is 5.30. The van der Waals surface area contributed by atoms with Crippen LogP contribution in [0.25, 0.3) is 0 Å². The molecular weight excluding hydrogens is 144 g/mol. The molecule has 0 spiro atoms. The molecule has 0 saturated heterocycles. The lowest BCUT2D eigenvalue weighted by molar-refractivity contribution is 0.372. The summed E-state index contributed by atoms with van der Waals surface area (Å²) in [7, 11) is 1.50. The van der Waals surface area contributed by atoms with E-state index in [-0.39, 0.29) is 6.01 Å². The van der Waals surface area contributed by atoms with E-state index < -0.39 is 0 Å². The Labute approximate surface area is 64.6 Å². The van der Waals surface area contributed by atoms with Gasteiger partial charge in [0.1, 0.15) is 0 Å². The van der Waals surface area contributed by atoms with Crippen LogP contribution in [-0.2, 0) is 6.42 Å². The first-order chi connectivity index (χ1) is 5.36. The van der Waals surface area contributed by atoms with Crippen molar-refractivity contribution in [1.82, 2.24) is 15.2 Å². The van der Waals surface area contributed by atoms with Gasteiger partial charge < -0.3 is 10.5 Å². The first-order valence-electron chi connectivity index (χ1n) is 3.29. The Morgan fingerprint density at radius 3 is 2.82 bits per heavy atom. The van der Waals surface area contributed by atoms with Gasteiger partial charge in [-0.2, -0.15) is 0 Å². The van der Waals surface area contributed by atoms with Gasteiger partial charge in [0, 0.05) is 6.42 Å². The molecule has 1 aromatic heterocycles. The van der Waals surface area contributed by atoms with Crippen LogP contribution >= 0.6 is 0 Å². The Morgan fingerprint density at radius 2 is 2.36 bits per heavy atom. The molecular formula is C6H10N4O. The molecule has 0 aliphatic heterocycles. The smallest absolute Gasteiger partial charge is 0.335 e. The number of nitrogens with two attached hydrogens (primary N) is 1. The minimum Gasteiger partial charge on any atom is -0.466 e. The summed E-state index contributed by atoms with van der Waals surface area (Å²) >= 11 is 0. The van der Waals surface area contributed by atoms with Crippen molar-refractivity contribution in [2.75, 3.05) is 13.7 Å². The van der Waals surface area contributed by atoms with Crippen LogP contribution in [0.4, 0.5) is 0 Å². The largest absolute Gasteiger partial charge is 0.466 e. The van der Waals surface area contributed by atoms with Gasteiger partial charge in [-0.15, -0.1) is 5.10 Å². The molecule has 0 unspecified atom stereocenters. The third-order valence-corrected chi connectivity index (χ3v) is 1.17. The third kappa shape index (κ3) is 2.12. The number of hydrogen-bond donors (Lipinski definition) is 1. The van der Waals surface area contributed by atoms with Crippen molar-refractivity contribution in [3.63, 3.8) is 0 Å². The van der Waals surface area contributed by atoms with E-state index in [2.05, 4.69) is 15.2 Å². The molecule has 2 N–H and O–H groups in total. The lowest BCUT2D eigenvalue weighted by atomic mass is 10.3. The summed E-state index contributed by atoms with van der Waals surface area (Å²) < 4.78 is 4.73. The molecule has 1 heterocycles. The average Bonchev–Trinajstić information content (AvgIpc) is 2.07. The molecule has 0 radical (unpaired) electrons. The Hall–Kier alpha value is -1.23. The molecule has 0 atom stereocenters. The van der Waals surface area contributed by atoms with E-state index in [4.69, 9.17) is 10.5 Å². The topological polar surface area (TPSA) is 73.9 Å². The molecule has 5 heteroatoms. The predicted molar refractivity (Wildman–Crippen MR) is 39.1 cm³/mol. The van der Waals surface area contributed by atoms with Crippen LogP contribution in [0.5, 0.6) is 6.01 Å². The van der Waals surface area contributed by atoms with E-state index in [0.717, 1.165) is 5.69 Å². The van der Waals surface area contributed by atoms with E-state index in [9.17, 15) is 0 Å². The van der Waals surface area contributed by atoms with Crippen LogP contribution in [0.15, 0.2) is 6.20 Å². The second kappa shape index (κ2) is 3.82. The third-order valence-electron chi connectivity index (χ3n) is 1.17. The molecule has 0 bridgehead atoms. The molecule has 0 saturated carbocycles. The van der Waals surface area contributed by atoms with Gasteiger partial charge in [-0.1, -0.05) is 5.10 Å². The zero-order chi connectivity index (χ0) is 8.10. The molecule has 1 aromatic rings. The van der Waals surface area contributed by atoms with Gasteiger partial charge in [0.25, 0.3) is 0 Å². The standard InChI is InChI=1S/C6H10N4O/c1-11-6-8-4-5(2-3-7)9-10-6/h4H,2-3,7H2,1H3. The molecule has 0 aromatic carbocycles. The number of hydrogen-bond acceptors (Lipinski definition) is 5. The summed E-state index contributed by atoms with van der Waals surface area (Å²) in [4.78, 5) is 3.86. The summed E-state index contributed by atoms with van der Waals surface area (Å²) in [6.07, 6.45) is 2.31. The van der Waals surface area contributed by atoms with E-state index in [1.165, 1.54) is 7.11 Å². The first kappa shape index (κ1) is 7.87. The lowest BCUT2D eigenvalue weighted by Crippen LogP contribution is -2.06.